The summed E-state index contributed by atoms with van der Waals surface area (Å²) in [5, 5.41) is 14.4. The lowest BCUT2D eigenvalue weighted by atomic mass is 10.1. The maximum Gasteiger partial charge on any atom is 0.323 e. The first kappa shape index (κ1) is 19.4. The van der Waals surface area contributed by atoms with Crippen molar-refractivity contribution < 1.29 is 14.7 Å². The van der Waals surface area contributed by atoms with Crippen molar-refractivity contribution in [1.29, 1.82) is 0 Å². The summed E-state index contributed by atoms with van der Waals surface area (Å²) >= 11 is 5.90. The van der Waals surface area contributed by atoms with Crippen LogP contribution in [0, 0.1) is 0 Å². The highest BCUT2D eigenvalue weighted by atomic mass is 35.5. The SMILES string of the molecule is CC(C)(C)n1nc(C(=O)N(CC(=O)O)Cc2ccc(Cl)cc2)cc1C1CC1. The van der Waals surface area contributed by atoms with Gasteiger partial charge in [-0.15, -0.1) is 0 Å². The van der Waals surface area contributed by atoms with Crippen LogP contribution in [-0.4, -0.2) is 38.2 Å². The molecule has 0 saturated heterocycles. The second-order valence-electron chi connectivity index (χ2n) is 7.99. The molecule has 7 heteroatoms. The van der Waals surface area contributed by atoms with Gasteiger partial charge in [-0.2, -0.15) is 5.10 Å². The van der Waals surface area contributed by atoms with Gasteiger partial charge in [-0.1, -0.05) is 23.7 Å². The Kier molecular flexibility index (Phi) is 5.29. The Hall–Kier alpha value is -2.34. The number of hydrogen-bond donors (Lipinski definition) is 1. The molecule has 0 spiro atoms. The van der Waals surface area contributed by atoms with E-state index in [-0.39, 0.29) is 24.5 Å². The monoisotopic (exact) mass is 389 g/mol. The first-order valence-corrected chi connectivity index (χ1v) is 9.39. The highest BCUT2D eigenvalue weighted by Gasteiger charge is 2.33. The maximum absolute atomic E-state index is 13.0. The van der Waals surface area contributed by atoms with Crippen molar-refractivity contribution in [2.75, 3.05) is 6.54 Å². The number of amides is 1. The van der Waals surface area contributed by atoms with Gasteiger partial charge in [0.05, 0.1) is 5.54 Å². The Labute approximate surface area is 163 Å². The van der Waals surface area contributed by atoms with Gasteiger partial charge in [0.25, 0.3) is 5.91 Å². The van der Waals surface area contributed by atoms with Gasteiger partial charge in [-0.05, 0) is 57.4 Å². The van der Waals surface area contributed by atoms with Crippen LogP contribution in [0.5, 0.6) is 0 Å². The number of rotatable bonds is 6. The molecule has 0 aliphatic heterocycles. The number of halogens is 1. The predicted octanol–water partition coefficient (Wildman–Crippen LogP) is 3.90. The van der Waals surface area contributed by atoms with Crippen molar-refractivity contribution in [1.82, 2.24) is 14.7 Å². The molecule has 2 aromatic rings. The standard InChI is InChI=1S/C20H24ClN3O3/c1-20(2,3)24-17(14-6-7-14)10-16(22-24)19(27)23(12-18(25)26)11-13-4-8-15(21)9-5-13/h4-5,8-10,14H,6-7,11-12H2,1-3H3,(H,25,26). The summed E-state index contributed by atoms with van der Waals surface area (Å²) in [7, 11) is 0. The fourth-order valence-electron chi connectivity index (χ4n) is 3.04. The van der Waals surface area contributed by atoms with E-state index >= 15 is 0 Å². The highest BCUT2D eigenvalue weighted by Crippen LogP contribution is 2.41. The largest absolute Gasteiger partial charge is 0.480 e. The van der Waals surface area contributed by atoms with E-state index in [9.17, 15) is 14.7 Å². The molecular formula is C20H24ClN3O3. The summed E-state index contributed by atoms with van der Waals surface area (Å²) < 4.78 is 1.90. The van der Waals surface area contributed by atoms with Crippen LogP contribution in [0.1, 0.15) is 61.3 Å². The molecule has 3 rings (SSSR count). The predicted molar refractivity (Wildman–Crippen MR) is 103 cm³/mol. The number of carboxylic acid groups (broad SMARTS) is 1. The summed E-state index contributed by atoms with van der Waals surface area (Å²) in [6, 6.07) is 8.84. The lowest BCUT2D eigenvalue weighted by Crippen LogP contribution is -2.35. The Balaban J connectivity index is 1.89. The minimum atomic E-state index is -1.06. The Morgan fingerprint density at radius 1 is 1.26 bits per heavy atom. The Morgan fingerprint density at radius 3 is 2.41 bits per heavy atom. The van der Waals surface area contributed by atoms with Crippen LogP contribution in [0.2, 0.25) is 5.02 Å². The van der Waals surface area contributed by atoms with Crippen molar-refractivity contribution in [2.45, 2.75) is 51.6 Å². The number of benzene rings is 1. The number of aromatic nitrogens is 2. The first-order valence-electron chi connectivity index (χ1n) is 9.01. The third-order valence-corrected chi connectivity index (χ3v) is 4.74. The molecule has 1 fully saturated rings. The molecular weight excluding hydrogens is 366 g/mol. The second-order valence-corrected chi connectivity index (χ2v) is 8.43. The van der Waals surface area contributed by atoms with Crippen LogP contribution in [0.25, 0.3) is 0 Å². The molecule has 1 aromatic carbocycles. The summed E-state index contributed by atoms with van der Waals surface area (Å²) in [6.45, 7) is 5.93. The number of carboxylic acids is 1. The van der Waals surface area contributed by atoms with Crippen molar-refractivity contribution in [3.63, 3.8) is 0 Å². The molecule has 144 valence electrons. The van der Waals surface area contributed by atoms with E-state index in [1.165, 1.54) is 4.90 Å². The van der Waals surface area contributed by atoms with Crippen LogP contribution < -0.4 is 0 Å². The molecule has 6 nitrogen and oxygen atoms in total. The topological polar surface area (TPSA) is 75.4 Å². The molecule has 0 bridgehead atoms. The Morgan fingerprint density at radius 2 is 1.89 bits per heavy atom. The molecule has 1 aromatic heterocycles. The van der Waals surface area contributed by atoms with E-state index in [1.54, 1.807) is 24.3 Å². The normalized spacial score (nSPS) is 14.2. The van der Waals surface area contributed by atoms with Crippen LogP contribution >= 0.6 is 11.6 Å². The van der Waals surface area contributed by atoms with E-state index in [1.807, 2.05) is 31.5 Å². The highest BCUT2D eigenvalue weighted by molar-refractivity contribution is 6.30. The average Bonchev–Trinajstić information content (AvgIpc) is 3.32. The van der Waals surface area contributed by atoms with E-state index in [0.29, 0.717) is 16.6 Å². The van der Waals surface area contributed by atoms with Crippen LogP contribution in [0.3, 0.4) is 0 Å². The van der Waals surface area contributed by atoms with Gasteiger partial charge in [-0.3, -0.25) is 14.3 Å². The van der Waals surface area contributed by atoms with E-state index in [4.69, 9.17) is 11.6 Å². The zero-order valence-corrected chi connectivity index (χ0v) is 16.5. The van der Waals surface area contributed by atoms with Gasteiger partial charge in [0, 0.05) is 23.2 Å². The van der Waals surface area contributed by atoms with Gasteiger partial charge in [0.1, 0.15) is 6.54 Å². The third-order valence-electron chi connectivity index (χ3n) is 4.49. The van der Waals surface area contributed by atoms with Crippen molar-refractivity contribution in [3.8, 4) is 0 Å². The van der Waals surface area contributed by atoms with Crippen LogP contribution in [-0.2, 0) is 16.9 Å². The van der Waals surface area contributed by atoms with Crippen LogP contribution in [0.15, 0.2) is 30.3 Å². The van der Waals surface area contributed by atoms with Crippen molar-refractivity contribution in [3.05, 3.63) is 52.3 Å². The lowest BCUT2D eigenvalue weighted by Gasteiger charge is -2.23. The summed E-state index contributed by atoms with van der Waals surface area (Å²) in [6.07, 6.45) is 2.19. The smallest absolute Gasteiger partial charge is 0.323 e. The van der Waals surface area contributed by atoms with Gasteiger partial charge in [0.15, 0.2) is 5.69 Å². The first-order chi connectivity index (χ1) is 12.6. The number of nitrogens with zero attached hydrogens (tertiary/aromatic N) is 3. The van der Waals surface area contributed by atoms with Gasteiger partial charge >= 0.3 is 5.97 Å². The fourth-order valence-corrected chi connectivity index (χ4v) is 3.17. The third kappa shape index (κ3) is 4.69. The summed E-state index contributed by atoms with van der Waals surface area (Å²) in [5.41, 5.74) is 1.91. The van der Waals surface area contributed by atoms with Crippen molar-refractivity contribution >= 4 is 23.5 Å². The lowest BCUT2D eigenvalue weighted by molar-refractivity contribution is -0.137. The summed E-state index contributed by atoms with van der Waals surface area (Å²) in [4.78, 5) is 25.6. The quantitative estimate of drug-likeness (QED) is 0.813. The Bertz CT molecular complexity index is 848. The molecule has 0 atom stereocenters. The molecule has 1 saturated carbocycles. The minimum absolute atomic E-state index is 0.184. The van der Waals surface area contributed by atoms with E-state index in [0.717, 1.165) is 24.1 Å². The van der Waals surface area contributed by atoms with Crippen LogP contribution in [0.4, 0.5) is 0 Å². The van der Waals surface area contributed by atoms with Gasteiger partial charge in [0.2, 0.25) is 0 Å². The molecule has 27 heavy (non-hydrogen) atoms. The van der Waals surface area contributed by atoms with E-state index < -0.39 is 5.97 Å². The van der Waals surface area contributed by atoms with Crippen molar-refractivity contribution in [2.24, 2.45) is 0 Å². The number of aliphatic carboxylic acids is 1. The molecule has 1 heterocycles. The fraction of sp³-hybridized carbons (Fsp3) is 0.450. The zero-order chi connectivity index (χ0) is 19.8. The van der Waals surface area contributed by atoms with Gasteiger partial charge < -0.3 is 10.0 Å². The number of hydrogen-bond acceptors (Lipinski definition) is 3. The number of carbonyl (C=O) groups excluding carboxylic acids is 1. The molecule has 1 N–H and O–H groups in total. The molecule has 1 aliphatic carbocycles. The molecule has 1 amide bonds. The minimum Gasteiger partial charge on any atom is -0.480 e. The second kappa shape index (κ2) is 7.35. The molecule has 0 unspecified atom stereocenters. The van der Waals surface area contributed by atoms with E-state index in [2.05, 4.69) is 5.10 Å². The molecule has 0 radical (unpaired) electrons. The average molecular weight is 390 g/mol. The molecule has 1 aliphatic rings. The zero-order valence-electron chi connectivity index (χ0n) is 15.8. The maximum atomic E-state index is 13.0. The van der Waals surface area contributed by atoms with Gasteiger partial charge in [-0.25, -0.2) is 0 Å². The number of carbonyl (C=O) groups is 2. The summed E-state index contributed by atoms with van der Waals surface area (Å²) in [5.74, 6) is -1.00.